The van der Waals surface area contributed by atoms with Crippen LogP contribution in [0.3, 0.4) is 0 Å². The normalized spacial score (nSPS) is 22.5. The zero-order chi connectivity index (χ0) is 28.6. The molecule has 11 heteroatoms. The van der Waals surface area contributed by atoms with Gasteiger partial charge in [0.25, 0.3) is 0 Å². The molecule has 1 aliphatic rings. The molecule has 0 amide bonds. The fourth-order valence-corrected chi connectivity index (χ4v) is 5.92. The summed E-state index contributed by atoms with van der Waals surface area (Å²) in [4.78, 5) is 20.3. The van der Waals surface area contributed by atoms with E-state index in [1.54, 1.807) is 16.8 Å². The lowest BCUT2D eigenvalue weighted by molar-refractivity contribution is -0.0886. The first kappa shape index (κ1) is 28.9. The van der Waals surface area contributed by atoms with Crippen LogP contribution in [0.5, 0.6) is 0 Å². The first-order valence-electron chi connectivity index (χ1n) is 12.8. The molecule has 3 N–H and O–H groups in total. The molecule has 1 aromatic carbocycles. The van der Waals surface area contributed by atoms with Crippen molar-refractivity contribution in [3.05, 3.63) is 53.4 Å². The van der Waals surface area contributed by atoms with Gasteiger partial charge in [0.15, 0.2) is 13.9 Å². The lowest BCUT2D eigenvalue weighted by atomic mass is 9.81. The van der Waals surface area contributed by atoms with Crippen LogP contribution in [0.4, 0.5) is 10.6 Å². The third-order valence-electron chi connectivity index (χ3n) is 7.96. The summed E-state index contributed by atoms with van der Waals surface area (Å²) in [7, 11) is -2.25. The smallest absolute Gasteiger partial charge is 0.450 e. The molecule has 1 fully saturated rings. The van der Waals surface area contributed by atoms with Gasteiger partial charge in [0.05, 0.1) is 12.0 Å². The van der Waals surface area contributed by atoms with E-state index >= 15 is 0 Å². The largest absolute Gasteiger partial charge is 0.506 e. The fraction of sp³-hybridized carbons (Fsp3) is 0.464. The molecule has 1 unspecified atom stereocenters. The fourth-order valence-electron chi connectivity index (χ4n) is 4.74. The standard InChI is InChI=1S/C28H35ClN4O5Si/c1-7-28(17-36-39(5,6)27(2,3)4)20(21(37-26(34)35)15-18-11-9-8-10-12-18)16-22(38-28)33-14-13-19-23(30)31-25(29)32-24(19)33/h1,8-14,20-22H,15-17H2,2-6H3,(H,34,35)(H2,30,31,32)/t20-,21?,22+,28+/m0/s1. The van der Waals surface area contributed by atoms with Crippen molar-refractivity contribution in [2.24, 2.45) is 5.92 Å². The van der Waals surface area contributed by atoms with Gasteiger partial charge in [-0.2, -0.15) is 4.98 Å². The molecule has 2 aromatic heterocycles. The van der Waals surface area contributed by atoms with Gasteiger partial charge in [-0.15, -0.1) is 6.42 Å². The SMILES string of the molecule is C#C[C@]1(CO[Si](C)(C)C(C)(C)C)O[C@@H](n2ccc3c(N)nc(Cl)nc32)C[C@H]1C(Cc1ccccc1)OC(=O)O. The molecule has 4 atom stereocenters. The molecular weight excluding hydrogens is 536 g/mol. The van der Waals surface area contributed by atoms with Crippen LogP contribution in [0.25, 0.3) is 11.0 Å². The Kier molecular flexibility index (Phi) is 8.01. The number of fused-ring (bicyclic) bond motifs is 1. The number of terminal acetylenes is 1. The van der Waals surface area contributed by atoms with Crippen molar-refractivity contribution in [2.75, 3.05) is 12.3 Å². The summed E-state index contributed by atoms with van der Waals surface area (Å²) in [6.07, 6.45) is 5.90. The Hall–Kier alpha value is -3.10. The second-order valence-corrected chi connectivity index (χ2v) is 16.6. The molecule has 0 aliphatic carbocycles. The van der Waals surface area contributed by atoms with E-state index in [9.17, 15) is 9.90 Å². The van der Waals surface area contributed by atoms with Gasteiger partial charge >= 0.3 is 6.16 Å². The maximum atomic E-state index is 11.9. The zero-order valence-electron chi connectivity index (χ0n) is 22.8. The van der Waals surface area contributed by atoms with E-state index in [4.69, 9.17) is 37.7 Å². The highest BCUT2D eigenvalue weighted by atomic mass is 35.5. The quantitative estimate of drug-likeness (QED) is 0.148. The molecule has 39 heavy (non-hydrogen) atoms. The number of hydrogen-bond donors (Lipinski definition) is 2. The van der Waals surface area contributed by atoms with Crippen molar-refractivity contribution >= 4 is 42.9 Å². The molecular formula is C28H35ClN4O5Si. The average molecular weight is 571 g/mol. The number of nitrogens with two attached hydrogens (primary N) is 1. The molecule has 0 bridgehead atoms. The van der Waals surface area contributed by atoms with E-state index in [0.717, 1.165) is 5.56 Å². The predicted molar refractivity (Wildman–Crippen MR) is 153 cm³/mol. The Morgan fingerprint density at radius 2 is 2.03 bits per heavy atom. The number of aromatic nitrogens is 3. The molecule has 4 rings (SSSR count). The Morgan fingerprint density at radius 3 is 2.64 bits per heavy atom. The molecule has 208 valence electrons. The summed E-state index contributed by atoms with van der Waals surface area (Å²) in [6, 6.07) is 11.3. The van der Waals surface area contributed by atoms with Crippen molar-refractivity contribution in [3.8, 4) is 12.3 Å². The second kappa shape index (κ2) is 10.8. The number of anilines is 1. The lowest BCUT2D eigenvalue weighted by Crippen LogP contribution is -2.51. The van der Waals surface area contributed by atoms with Crippen LogP contribution < -0.4 is 5.73 Å². The van der Waals surface area contributed by atoms with Crippen LogP contribution in [0, 0.1) is 18.3 Å². The van der Waals surface area contributed by atoms with Gasteiger partial charge in [0, 0.05) is 25.0 Å². The minimum atomic E-state index is -2.25. The maximum absolute atomic E-state index is 11.9. The van der Waals surface area contributed by atoms with Crippen LogP contribution in [-0.4, -0.2) is 52.4 Å². The highest BCUT2D eigenvalue weighted by Crippen LogP contribution is 2.47. The number of nitrogens with zero attached hydrogens (tertiary/aromatic N) is 3. The van der Waals surface area contributed by atoms with Crippen LogP contribution in [0.15, 0.2) is 42.6 Å². The Morgan fingerprint density at radius 1 is 1.33 bits per heavy atom. The minimum absolute atomic E-state index is 0.00938. The van der Waals surface area contributed by atoms with E-state index in [1.807, 2.05) is 30.3 Å². The summed E-state index contributed by atoms with van der Waals surface area (Å²) in [5.74, 6) is 2.58. The third kappa shape index (κ3) is 5.92. The summed E-state index contributed by atoms with van der Waals surface area (Å²) in [5.41, 5.74) is 6.22. The summed E-state index contributed by atoms with van der Waals surface area (Å²) < 4.78 is 20.6. The van der Waals surface area contributed by atoms with Crippen molar-refractivity contribution in [1.82, 2.24) is 14.5 Å². The zero-order valence-corrected chi connectivity index (χ0v) is 24.6. The molecule has 3 aromatic rings. The highest BCUT2D eigenvalue weighted by molar-refractivity contribution is 6.74. The predicted octanol–water partition coefficient (Wildman–Crippen LogP) is 5.90. The molecule has 0 saturated carbocycles. The van der Waals surface area contributed by atoms with Crippen LogP contribution in [0.2, 0.25) is 23.4 Å². The van der Waals surface area contributed by atoms with Gasteiger partial charge in [-0.05, 0) is 41.4 Å². The first-order chi connectivity index (χ1) is 18.3. The maximum Gasteiger partial charge on any atom is 0.506 e. The van der Waals surface area contributed by atoms with Gasteiger partial charge in [0.2, 0.25) is 5.28 Å². The molecule has 3 heterocycles. The van der Waals surface area contributed by atoms with Crippen molar-refractivity contribution in [2.45, 2.75) is 69.7 Å². The molecule has 0 spiro atoms. The summed E-state index contributed by atoms with van der Waals surface area (Å²) in [5, 5.41) is 10.3. The van der Waals surface area contributed by atoms with E-state index in [-0.39, 0.29) is 22.7 Å². The van der Waals surface area contributed by atoms with Crippen LogP contribution in [0.1, 0.15) is 39.0 Å². The number of benzene rings is 1. The number of ether oxygens (including phenoxy) is 2. The number of carbonyl (C=O) groups is 1. The minimum Gasteiger partial charge on any atom is -0.450 e. The van der Waals surface area contributed by atoms with E-state index in [0.29, 0.717) is 23.9 Å². The Balaban J connectivity index is 1.77. The Labute approximate surface area is 234 Å². The van der Waals surface area contributed by atoms with E-state index in [1.165, 1.54) is 0 Å². The average Bonchev–Trinajstić information content (AvgIpc) is 3.44. The van der Waals surface area contributed by atoms with Crippen LogP contribution in [-0.2, 0) is 20.3 Å². The molecule has 0 radical (unpaired) electrons. The van der Waals surface area contributed by atoms with E-state index in [2.05, 4.69) is 49.8 Å². The van der Waals surface area contributed by atoms with Gasteiger partial charge in [-0.3, -0.25) is 0 Å². The van der Waals surface area contributed by atoms with Gasteiger partial charge in [0.1, 0.15) is 23.8 Å². The number of rotatable bonds is 8. The highest BCUT2D eigenvalue weighted by Gasteiger charge is 2.54. The monoisotopic (exact) mass is 570 g/mol. The molecule has 1 saturated heterocycles. The van der Waals surface area contributed by atoms with Crippen molar-refractivity contribution < 1.29 is 23.8 Å². The van der Waals surface area contributed by atoms with Gasteiger partial charge in [-0.25, -0.2) is 9.78 Å². The first-order valence-corrected chi connectivity index (χ1v) is 16.1. The third-order valence-corrected chi connectivity index (χ3v) is 12.6. The lowest BCUT2D eigenvalue weighted by Gasteiger charge is -2.40. The summed E-state index contributed by atoms with van der Waals surface area (Å²) in [6.45, 7) is 10.8. The van der Waals surface area contributed by atoms with Crippen LogP contribution >= 0.6 is 11.6 Å². The van der Waals surface area contributed by atoms with Crippen molar-refractivity contribution in [3.63, 3.8) is 0 Å². The Bertz CT molecular complexity index is 1380. The van der Waals surface area contributed by atoms with Crippen molar-refractivity contribution in [1.29, 1.82) is 0 Å². The topological polar surface area (TPSA) is 122 Å². The van der Waals surface area contributed by atoms with E-state index < -0.39 is 38.3 Å². The number of hydrogen-bond acceptors (Lipinski definition) is 7. The molecule has 9 nitrogen and oxygen atoms in total. The van der Waals surface area contributed by atoms with Gasteiger partial charge < -0.3 is 29.3 Å². The molecule has 1 aliphatic heterocycles. The number of halogens is 1. The number of nitrogen functional groups attached to an aromatic ring is 1. The second-order valence-electron chi connectivity index (χ2n) is 11.4. The number of carboxylic acid groups (broad SMARTS) is 1. The summed E-state index contributed by atoms with van der Waals surface area (Å²) >= 11 is 6.12. The van der Waals surface area contributed by atoms with Gasteiger partial charge in [-0.1, -0.05) is 57.0 Å².